The van der Waals surface area contributed by atoms with Crippen LogP contribution >= 0.6 is 23.2 Å². The summed E-state index contributed by atoms with van der Waals surface area (Å²) in [5.41, 5.74) is 1.50. The lowest BCUT2D eigenvalue weighted by molar-refractivity contribution is -0.140. The summed E-state index contributed by atoms with van der Waals surface area (Å²) in [5, 5.41) is 0.771. The number of likely N-dealkylation sites (tertiary alicyclic amines) is 1. The summed E-state index contributed by atoms with van der Waals surface area (Å²) < 4.78 is 0. The van der Waals surface area contributed by atoms with E-state index in [0.717, 1.165) is 11.3 Å². The highest BCUT2D eigenvalue weighted by Crippen LogP contribution is 2.40. The fourth-order valence-corrected chi connectivity index (χ4v) is 5.95. The molecule has 0 aliphatic carbocycles. The third-order valence-corrected chi connectivity index (χ3v) is 8.18. The summed E-state index contributed by atoms with van der Waals surface area (Å²) in [4.78, 5) is 47.5. The first-order chi connectivity index (χ1) is 18.8. The monoisotopic (exact) mass is 564 g/mol. The quantitative estimate of drug-likeness (QED) is 0.425. The fraction of sp³-hybridized carbons (Fsp3) is 0.300. The largest absolute Gasteiger partial charge is 0.340 e. The molecule has 2 aliphatic rings. The molecule has 3 aromatic carbocycles. The number of rotatable bonds is 6. The van der Waals surface area contributed by atoms with E-state index in [4.69, 9.17) is 23.2 Å². The molecule has 0 bridgehead atoms. The number of carbonyl (C=O) groups excluding carboxylic acids is 3. The average Bonchev–Trinajstić information content (AvgIpc) is 3.20. The first kappa shape index (κ1) is 27.0. The van der Waals surface area contributed by atoms with Gasteiger partial charge in [-0.3, -0.25) is 14.4 Å². The molecule has 7 nitrogen and oxygen atoms in total. The van der Waals surface area contributed by atoms with Crippen LogP contribution in [0.2, 0.25) is 10.0 Å². The number of anilines is 1. The van der Waals surface area contributed by atoms with Crippen LogP contribution in [0.15, 0.2) is 78.9 Å². The van der Waals surface area contributed by atoms with Crippen molar-refractivity contribution >= 4 is 46.6 Å². The van der Waals surface area contributed by atoms with E-state index in [1.165, 1.54) is 0 Å². The lowest BCUT2D eigenvalue weighted by Crippen LogP contribution is -2.57. The van der Waals surface area contributed by atoms with Gasteiger partial charge < -0.3 is 19.6 Å². The molecular formula is C30H30Cl2N4O3. The van der Waals surface area contributed by atoms with Crippen molar-refractivity contribution in [2.75, 3.05) is 38.3 Å². The molecule has 0 unspecified atom stereocenters. The Kier molecular flexibility index (Phi) is 7.82. The number of halogens is 2. The minimum absolute atomic E-state index is 0.00369. The third-order valence-electron chi connectivity index (χ3n) is 7.64. The highest BCUT2D eigenvalue weighted by atomic mass is 35.5. The lowest BCUT2D eigenvalue weighted by Gasteiger charge is -2.43. The highest BCUT2D eigenvalue weighted by molar-refractivity contribution is 6.36. The molecule has 0 saturated carbocycles. The molecule has 5 rings (SSSR count). The van der Waals surface area contributed by atoms with Gasteiger partial charge in [-0.05, 0) is 48.7 Å². The van der Waals surface area contributed by atoms with Crippen LogP contribution in [0.1, 0.15) is 28.8 Å². The molecule has 39 heavy (non-hydrogen) atoms. The van der Waals surface area contributed by atoms with Crippen molar-refractivity contribution in [1.29, 1.82) is 0 Å². The normalized spacial score (nSPS) is 16.6. The summed E-state index contributed by atoms with van der Waals surface area (Å²) in [6.45, 7) is 1.56. The van der Waals surface area contributed by atoms with E-state index in [2.05, 4.69) is 4.90 Å². The maximum absolute atomic E-state index is 14.0. The van der Waals surface area contributed by atoms with Gasteiger partial charge in [0.25, 0.3) is 11.8 Å². The number of nitrogens with zero attached hydrogens (tertiary/aromatic N) is 4. The summed E-state index contributed by atoms with van der Waals surface area (Å²) in [5.74, 6) is -0.385. The second kappa shape index (κ2) is 11.3. The van der Waals surface area contributed by atoms with Crippen molar-refractivity contribution in [3.05, 3.63) is 100 Å². The van der Waals surface area contributed by atoms with Crippen molar-refractivity contribution in [1.82, 2.24) is 14.7 Å². The van der Waals surface area contributed by atoms with Crippen LogP contribution in [0, 0.1) is 0 Å². The molecule has 2 fully saturated rings. The average molecular weight is 566 g/mol. The molecule has 1 spiro atoms. The maximum atomic E-state index is 14.0. The van der Waals surface area contributed by atoms with Crippen LogP contribution in [0.25, 0.3) is 0 Å². The van der Waals surface area contributed by atoms with Crippen LogP contribution in [-0.2, 0) is 16.1 Å². The molecule has 9 heteroatoms. The van der Waals surface area contributed by atoms with Gasteiger partial charge in [-0.15, -0.1) is 0 Å². The zero-order valence-corrected chi connectivity index (χ0v) is 23.2. The number of hydrogen-bond donors (Lipinski definition) is 0. The molecule has 0 aromatic heterocycles. The Balaban J connectivity index is 1.33. The molecule has 3 aromatic rings. The van der Waals surface area contributed by atoms with E-state index in [1.807, 2.05) is 60.7 Å². The molecule has 3 amide bonds. The van der Waals surface area contributed by atoms with Gasteiger partial charge in [0.05, 0.1) is 17.3 Å². The molecule has 2 heterocycles. The van der Waals surface area contributed by atoms with Crippen LogP contribution in [-0.4, -0.2) is 71.3 Å². The van der Waals surface area contributed by atoms with E-state index < -0.39 is 5.54 Å². The van der Waals surface area contributed by atoms with E-state index in [-0.39, 0.29) is 24.3 Å². The van der Waals surface area contributed by atoms with Crippen LogP contribution in [0.4, 0.5) is 5.69 Å². The molecule has 2 saturated heterocycles. The van der Waals surface area contributed by atoms with Gasteiger partial charge >= 0.3 is 0 Å². The molecule has 0 N–H and O–H groups in total. The zero-order chi connectivity index (χ0) is 27.6. The third kappa shape index (κ3) is 5.47. The number of carbonyl (C=O) groups is 3. The predicted molar refractivity (Wildman–Crippen MR) is 153 cm³/mol. The molecule has 0 radical (unpaired) electrons. The van der Waals surface area contributed by atoms with Crippen molar-refractivity contribution < 1.29 is 14.4 Å². The Labute approximate surface area is 238 Å². The second-order valence-electron chi connectivity index (χ2n) is 10.1. The highest BCUT2D eigenvalue weighted by Gasteiger charge is 2.54. The van der Waals surface area contributed by atoms with Gasteiger partial charge in [-0.1, -0.05) is 71.7 Å². The molecule has 202 valence electrons. The summed E-state index contributed by atoms with van der Waals surface area (Å²) >= 11 is 12.3. The van der Waals surface area contributed by atoms with Gasteiger partial charge in [0.2, 0.25) is 5.91 Å². The lowest BCUT2D eigenvalue weighted by atomic mass is 9.85. The smallest absolute Gasteiger partial charge is 0.255 e. The summed E-state index contributed by atoms with van der Waals surface area (Å²) in [6.07, 6.45) is 0.893. The predicted octanol–water partition coefficient (Wildman–Crippen LogP) is 4.93. The van der Waals surface area contributed by atoms with Gasteiger partial charge in [0.15, 0.2) is 0 Å². The zero-order valence-electron chi connectivity index (χ0n) is 21.7. The number of para-hydroxylation sites is 1. The number of likely N-dealkylation sites (N-methyl/N-ethyl adjacent to an activating group) is 1. The van der Waals surface area contributed by atoms with Crippen LogP contribution in [0.5, 0.6) is 0 Å². The Hall–Kier alpha value is -3.55. The first-order valence-electron chi connectivity index (χ1n) is 12.9. The Bertz CT molecular complexity index is 1360. The van der Waals surface area contributed by atoms with Gasteiger partial charge in [0.1, 0.15) is 12.1 Å². The maximum Gasteiger partial charge on any atom is 0.255 e. The topological polar surface area (TPSA) is 64.2 Å². The Morgan fingerprint density at radius 3 is 2.21 bits per heavy atom. The standard InChI is InChI=1S/C30H30Cl2N4O3/c1-33(19-22-8-4-2-5-9-22)27(37)20-35-21-36(24-10-6-3-7-11-24)30(29(35)39)14-16-34(17-15-30)28(38)25-13-12-23(31)18-26(25)32/h2-13,18H,14-17,19-21H2,1H3. The van der Waals surface area contributed by atoms with Crippen molar-refractivity contribution in [3.8, 4) is 0 Å². The number of piperidine rings is 1. The minimum Gasteiger partial charge on any atom is -0.340 e. The SMILES string of the molecule is CN(Cc1ccccc1)C(=O)CN1CN(c2ccccc2)C2(CCN(C(=O)c3ccc(Cl)cc3Cl)CC2)C1=O. The van der Waals surface area contributed by atoms with E-state index >= 15 is 0 Å². The van der Waals surface area contributed by atoms with Gasteiger partial charge in [0, 0.05) is 37.4 Å². The minimum atomic E-state index is -0.833. The molecule has 2 aliphatic heterocycles. The van der Waals surface area contributed by atoms with Crippen LogP contribution < -0.4 is 4.90 Å². The van der Waals surface area contributed by atoms with E-state index in [1.54, 1.807) is 39.9 Å². The second-order valence-corrected chi connectivity index (χ2v) is 10.9. The molecular weight excluding hydrogens is 535 g/mol. The fourth-order valence-electron chi connectivity index (χ4n) is 5.46. The summed E-state index contributed by atoms with van der Waals surface area (Å²) in [6, 6.07) is 24.4. The number of benzene rings is 3. The Morgan fingerprint density at radius 2 is 1.56 bits per heavy atom. The molecule has 0 atom stereocenters. The van der Waals surface area contributed by atoms with Crippen LogP contribution in [0.3, 0.4) is 0 Å². The Morgan fingerprint density at radius 1 is 0.923 bits per heavy atom. The number of hydrogen-bond acceptors (Lipinski definition) is 4. The summed E-state index contributed by atoms with van der Waals surface area (Å²) in [7, 11) is 1.76. The van der Waals surface area contributed by atoms with E-state index in [9.17, 15) is 14.4 Å². The van der Waals surface area contributed by atoms with Gasteiger partial charge in [-0.25, -0.2) is 0 Å². The van der Waals surface area contributed by atoms with Gasteiger partial charge in [-0.2, -0.15) is 0 Å². The number of amides is 3. The van der Waals surface area contributed by atoms with Crippen molar-refractivity contribution in [2.24, 2.45) is 0 Å². The van der Waals surface area contributed by atoms with Crippen molar-refractivity contribution in [2.45, 2.75) is 24.9 Å². The van der Waals surface area contributed by atoms with Crippen molar-refractivity contribution in [3.63, 3.8) is 0 Å². The van der Waals surface area contributed by atoms with E-state index in [0.29, 0.717) is 54.8 Å². The first-order valence-corrected chi connectivity index (χ1v) is 13.7.